The third-order valence-corrected chi connectivity index (χ3v) is 5.07. The van der Waals surface area contributed by atoms with Crippen molar-refractivity contribution in [2.45, 2.75) is 56.1 Å². The van der Waals surface area contributed by atoms with Gasteiger partial charge in [-0.15, -0.1) is 0 Å². The van der Waals surface area contributed by atoms with E-state index < -0.39 is 5.51 Å². The van der Waals surface area contributed by atoms with Gasteiger partial charge in [-0.3, -0.25) is 4.90 Å². The van der Waals surface area contributed by atoms with Crippen molar-refractivity contribution < 1.29 is 13.2 Å². The van der Waals surface area contributed by atoms with Crippen LogP contribution in [-0.4, -0.2) is 47.4 Å². The molecule has 0 aromatic rings. The van der Waals surface area contributed by atoms with Crippen molar-refractivity contribution in [1.82, 2.24) is 10.2 Å². The molecule has 112 valence electrons. The van der Waals surface area contributed by atoms with Crippen molar-refractivity contribution >= 4 is 11.8 Å². The summed E-state index contributed by atoms with van der Waals surface area (Å²) in [7, 11) is 0. The summed E-state index contributed by atoms with van der Waals surface area (Å²) in [5.74, 6) is 0.151. The van der Waals surface area contributed by atoms with Gasteiger partial charge in [-0.2, -0.15) is 13.2 Å². The van der Waals surface area contributed by atoms with Gasteiger partial charge >= 0.3 is 5.51 Å². The van der Waals surface area contributed by atoms with Crippen LogP contribution in [0.4, 0.5) is 13.2 Å². The summed E-state index contributed by atoms with van der Waals surface area (Å²) in [6.45, 7) is 4.47. The second-order valence-corrected chi connectivity index (χ2v) is 6.97. The number of hydrogen-bond acceptors (Lipinski definition) is 3. The van der Waals surface area contributed by atoms with Crippen LogP contribution in [0.15, 0.2) is 0 Å². The van der Waals surface area contributed by atoms with Gasteiger partial charge in [0.05, 0.1) is 0 Å². The molecule has 1 spiro atoms. The number of hydrogen-bond donors (Lipinski definition) is 1. The fourth-order valence-corrected chi connectivity index (χ4v) is 3.91. The largest absolute Gasteiger partial charge is 0.441 e. The molecule has 0 aromatic carbocycles. The standard InChI is InChI=1S/C13H23F3N2S/c1-11-9-18(7-8-19-13(14,15)16)12(10-17-11)5-3-2-4-6-12/h11,17H,2-10H2,1H3. The van der Waals surface area contributed by atoms with Crippen LogP contribution in [0.25, 0.3) is 0 Å². The first-order chi connectivity index (χ1) is 8.91. The van der Waals surface area contributed by atoms with Gasteiger partial charge < -0.3 is 5.32 Å². The molecule has 1 aliphatic carbocycles. The third kappa shape index (κ3) is 4.26. The summed E-state index contributed by atoms with van der Waals surface area (Å²) in [6.07, 6.45) is 5.94. The molecule has 1 unspecified atom stereocenters. The van der Waals surface area contributed by atoms with Gasteiger partial charge in [-0.05, 0) is 31.5 Å². The maximum atomic E-state index is 12.3. The van der Waals surface area contributed by atoms with Gasteiger partial charge in [0.2, 0.25) is 0 Å². The minimum absolute atomic E-state index is 0.114. The highest BCUT2D eigenvalue weighted by atomic mass is 32.2. The van der Waals surface area contributed by atoms with E-state index in [1.54, 1.807) is 0 Å². The minimum Gasteiger partial charge on any atom is -0.311 e. The first-order valence-electron chi connectivity index (χ1n) is 7.10. The van der Waals surface area contributed by atoms with E-state index in [9.17, 15) is 13.2 Å². The fourth-order valence-electron chi connectivity index (χ4n) is 3.37. The Kier molecular flexibility index (Phi) is 5.06. The van der Waals surface area contributed by atoms with E-state index in [0.717, 1.165) is 25.9 Å². The quantitative estimate of drug-likeness (QED) is 0.861. The lowest BCUT2D eigenvalue weighted by Gasteiger charge is -2.51. The lowest BCUT2D eigenvalue weighted by molar-refractivity contribution is -0.0334. The monoisotopic (exact) mass is 296 g/mol. The Balaban J connectivity index is 1.92. The zero-order valence-electron chi connectivity index (χ0n) is 11.4. The van der Waals surface area contributed by atoms with Gasteiger partial charge in [0.25, 0.3) is 0 Å². The predicted octanol–water partition coefficient (Wildman–Crippen LogP) is 3.24. The molecule has 0 bridgehead atoms. The highest BCUT2D eigenvalue weighted by Gasteiger charge is 2.41. The summed E-state index contributed by atoms with van der Waals surface area (Å²) in [6, 6.07) is 0.378. The Hall–Kier alpha value is 0.0600. The minimum atomic E-state index is -4.10. The molecule has 19 heavy (non-hydrogen) atoms. The normalized spacial score (nSPS) is 28.7. The Morgan fingerprint density at radius 2 is 1.95 bits per heavy atom. The van der Waals surface area contributed by atoms with Crippen molar-refractivity contribution in [3.05, 3.63) is 0 Å². The summed E-state index contributed by atoms with van der Waals surface area (Å²) in [4.78, 5) is 2.33. The van der Waals surface area contributed by atoms with Crippen LogP contribution >= 0.6 is 11.8 Å². The molecule has 0 amide bonds. The summed E-state index contributed by atoms with van der Waals surface area (Å²) in [5.41, 5.74) is -3.98. The van der Waals surface area contributed by atoms with Gasteiger partial charge in [0.1, 0.15) is 0 Å². The lowest BCUT2D eigenvalue weighted by atomic mass is 9.78. The molecular weight excluding hydrogens is 273 g/mol. The van der Waals surface area contributed by atoms with Crippen LogP contribution in [0.3, 0.4) is 0 Å². The molecule has 1 saturated heterocycles. The molecule has 1 aliphatic heterocycles. The lowest BCUT2D eigenvalue weighted by Crippen LogP contribution is -2.65. The van der Waals surface area contributed by atoms with Gasteiger partial charge in [-0.25, -0.2) is 0 Å². The molecule has 0 aromatic heterocycles. The van der Waals surface area contributed by atoms with Crippen molar-refractivity contribution in [3.63, 3.8) is 0 Å². The van der Waals surface area contributed by atoms with Crippen molar-refractivity contribution in [2.24, 2.45) is 0 Å². The molecule has 2 aliphatic rings. The summed E-state index contributed by atoms with van der Waals surface area (Å²) in [5, 5.41) is 3.51. The van der Waals surface area contributed by atoms with E-state index in [1.165, 1.54) is 19.3 Å². The van der Waals surface area contributed by atoms with Crippen LogP contribution in [0.5, 0.6) is 0 Å². The van der Waals surface area contributed by atoms with E-state index in [1.807, 2.05) is 0 Å². The number of halogens is 3. The molecule has 6 heteroatoms. The second kappa shape index (κ2) is 6.22. The fraction of sp³-hybridized carbons (Fsp3) is 1.00. The number of piperazine rings is 1. The topological polar surface area (TPSA) is 15.3 Å². The van der Waals surface area contributed by atoms with Crippen molar-refractivity contribution in [2.75, 3.05) is 25.4 Å². The van der Waals surface area contributed by atoms with E-state index in [4.69, 9.17) is 0 Å². The SMILES string of the molecule is CC1CN(CCSC(F)(F)F)C2(CCCCC2)CN1. The number of thioether (sulfide) groups is 1. The predicted molar refractivity (Wildman–Crippen MR) is 73.4 cm³/mol. The van der Waals surface area contributed by atoms with Crippen molar-refractivity contribution in [3.8, 4) is 0 Å². The smallest absolute Gasteiger partial charge is 0.311 e. The molecule has 0 radical (unpaired) electrons. The maximum Gasteiger partial charge on any atom is 0.441 e. The third-order valence-electron chi connectivity index (χ3n) is 4.36. The van der Waals surface area contributed by atoms with E-state index in [2.05, 4.69) is 17.1 Å². The molecule has 2 nitrogen and oxygen atoms in total. The number of alkyl halides is 3. The van der Waals surface area contributed by atoms with Gasteiger partial charge in [0.15, 0.2) is 0 Å². The molecule has 2 fully saturated rings. The van der Waals surface area contributed by atoms with Crippen LogP contribution in [0, 0.1) is 0 Å². The highest BCUT2D eigenvalue weighted by molar-refractivity contribution is 8.00. The summed E-state index contributed by atoms with van der Waals surface area (Å²) >= 11 is 0.114. The number of nitrogens with one attached hydrogen (secondary N) is 1. The Morgan fingerprint density at radius 3 is 2.58 bits per heavy atom. The average Bonchev–Trinajstić information content (AvgIpc) is 2.34. The maximum absolute atomic E-state index is 12.3. The Labute approximate surface area is 117 Å². The molecular formula is C13H23F3N2S. The van der Waals surface area contributed by atoms with E-state index in [-0.39, 0.29) is 23.1 Å². The summed E-state index contributed by atoms with van der Waals surface area (Å²) < 4.78 is 36.8. The number of nitrogens with zero attached hydrogens (tertiary/aromatic N) is 1. The first kappa shape index (κ1) is 15.4. The van der Waals surface area contributed by atoms with E-state index in [0.29, 0.717) is 12.6 Å². The van der Waals surface area contributed by atoms with Crippen LogP contribution in [0.2, 0.25) is 0 Å². The average molecular weight is 296 g/mol. The van der Waals surface area contributed by atoms with Crippen LogP contribution in [0.1, 0.15) is 39.0 Å². The van der Waals surface area contributed by atoms with Gasteiger partial charge in [-0.1, -0.05) is 19.3 Å². The molecule has 1 atom stereocenters. The second-order valence-electron chi connectivity index (χ2n) is 5.81. The molecule has 1 N–H and O–H groups in total. The highest BCUT2D eigenvalue weighted by Crippen LogP contribution is 2.36. The zero-order chi connectivity index (χ0) is 13.9. The first-order valence-corrected chi connectivity index (χ1v) is 8.09. The van der Waals surface area contributed by atoms with Gasteiger partial charge in [0, 0.05) is 37.0 Å². The molecule has 1 heterocycles. The Morgan fingerprint density at radius 1 is 1.26 bits per heavy atom. The zero-order valence-corrected chi connectivity index (χ0v) is 12.2. The van der Waals surface area contributed by atoms with E-state index >= 15 is 0 Å². The van der Waals surface area contributed by atoms with Crippen LogP contribution in [-0.2, 0) is 0 Å². The van der Waals surface area contributed by atoms with Crippen LogP contribution < -0.4 is 5.32 Å². The molecule has 2 rings (SSSR count). The Bertz CT molecular complexity index is 290. The molecule has 1 saturated carbocycles. The van der Waals surface area contributed by atoms with Crippen molar-refractivity contribution in [1.29, 1.82) is 0 Å². The number of rotatable bonds is 3.